The Morgan fingerprint density at radius 2 is 2.18 bits per heavy atom. The Morgan fingerprint density at radius 1 is 1.55 bits per heavy atom. The van der Waals surface area contributed by atoms with Crippen molar-refractivity contribution in [3.8, 4) is 6.07 Å². The van der Waals surface area contributed by atoms with Crippen LogP contribution >= 0.6 is 0 Å². The van der Waals surface area contributed by atoms with Crippen LogP contribution in [-0.4, -0.2) is 0 Å². The van der Waals surface area contributed by atoms with Crippen LogP contribution in [0.15, 0.2) is 35.6 Å². The first-order valence-electron chi connectivity index (χ1n) is 3.38. The first-order chi connectivity index (χ1) is 5.26. The summed E-state index contributed by atoms with van der Waals surface area (Å²) in [7, 11) is 0. The zero-order valence-electron chi connectivity index (χ0n) is 6.83. The summed E-state index contributed by atoms with van der Waals surface area (Å²) < 4.78 is 0. The van der Waals surface area contributed by atoms with Gasteiger partial charge in [-0.2, -0.15) is 5.26 Å². The minimum atomic E-state index is 0.683. The molecule has 0 saturated carbocycles. The average molecular weight is 148 g/mol. The fraction of sp³-hybridized carbons (Fsp3) is 0.222. The number of nitrogens with zero attached hydrogens (tertiary/aromatic N) is 1. The predicted molar refractivity (Wildman–Crippen MR) is 46.5 cm³/mol. The molecule has 2 nitrogen and oxygen atoms in total. The van der Waals surface area contributed by atoms with Crippen molar-refractivity contribution in [1.82, 2.24) is 0 Å². The molecule has 0 aromatic heterocycles. The maximum Gasteiger partial charge on any atom is 0.0990 e. The summed E-state index contributed by atoms with van der Waals surface area (Å²) in [6.07, 6.45) is 6.72. The average Bonchev–Trinajstić information content (AvgIpc) is 2.03. The summed E-state index contributed by atoms with van der Waals surface area (Å²) >= 11 is 0. The first kappa shape index (κ1) is 9.51. The molecule has 0 aliphatic heterocycles. The molecule has 0 fully saturated rings. The molecule has 2 heteroatoms. The van der Waals surface area contributed by atoms with Crippen molar-refractivity contribution in [2.75, 3.05) is 0 Å². The lowest BCUT2D eigenvalue weighted by Gasteiger charge is -1.93. The second-order valence-electron chi connectivity index (χ2n) is 2.05. The molecule has 0 bridgehead atoms. The van der Waals surface area contributed by atoms with E-state index in [2.05, 4.69) is 6.07 Å². The monoisotopic (exact) mass is 148 g/mol. The van der Waals surface area contributed by atoms with Gasteiger partial charge in [0.2, 0.25) is 0 Å². The summed E-state index contributed by atoms with van der Waals surface area (Å²) in [5.41, 5.74) is 6.74. The minimum absolute atomic E-state index is 0.683. The second-order valence-corrected chi connectivity index (χ2v) is 2.05. The largest absolute Gasteiger partial charge is 0.405 e. The van der Waals surface area contributed by atoms with E-state index in [9.17, 15) is 0 Å². The van der Waals surface area contributed by atoms with Crippen molar-refractivity contribution >= 4 is 0 Å². The number of rotatable bonds is 2. The smallest absolute Gasteiger partial charge is 0.0990 e. The van der Waals surface area contributed by atoms with E-state index in [1.807, 2.05) is 13.8 Å². The Kier molecular flexibility index (Phi) is 4.59. The molecule has 0 aliphatic carbocycles. The molecule has 0 aromatic rings. The van der Waals surface area contributed by atoms with Crippen molar-refractivity contribution in [3.63, 3.8) is 0 Å². The van der Waals surface area contributed by atoms with Crippen molar-refractivity contribution in [3.05, 3.63) is 35.6 Å². The van der Waals surface area contributed by atoms with Crippen LogP contribution in [0.5, 0.6) is 0 Å². The van der Waals surface area contributed by atoms with Crippen LogP contribution in [0.1, 0.15) is 13.8 Å². The predicted octanol–water partition coefficient (Wildman–Crippen LogP) is 1.87. The highest BCUT2D eigenvalue weighted by Crippen LogP contribution is 2.06. The molecule has 0 heterocycles. The molecule has 0 radical (unpaired) electrons. The molecule has 58 valence electrons. The third kappa shape index (κ3) is 3.27. The van der Waals surface area contributed by atoms with E-state index in [1.54, 1.807) is 18.2 Å². The Bertz CT molecular complexity index is 239. The highest BCUT2D eigenvalue weighted by Gasteiger charge is 1.92. The Hall–Kier alpha value is -1.49. The SMILES string of the molecule is C\C=C(C#N)/C(C)=C\C=C/N. The minimum Gasteiger partial charge on any atom is -0.405 e. The normalized spacial score (nSPS) is 13.5. The standard InChI is InChI=1S/C9H12N2/c1-3-9(7-11)8(2)5-4-6-10/h3-6H,10H2,1-2H3/b6-4-,8-5-,9-3-. The number of allylic oxidation sites excluding steroid dienone is 5. The van der Waals surface area contributed by atoms with Crippen LogP contribution in [0.25, 0.3) is 0 Å². The second kappa shape index (κ2) is 5.31. The molecule has 0 spiro atoms. The van der Waals surface area contributed by atoms with Gasteiger partial charge in [0.05, 0.1) is 11.6 Å². The van der Waals surface area contributed by atoms with E-state index < -0.39 is 0 Å². The molecule has 0 rings (SSSR count). The number of hydrogen-bond acceptors (Lipinski definition) is 2. The van der Waals surface area contributed by atoms with Gasteiger partial charge in [0.1, 0.15) is 0 Å². The third-order valence-corrected chi connectivity index (χ3v) is 1.29. The number of hydrogen-bond donors (Lipinski definition) is 1. The van der Waals surface area contributed by atoms with E-state index in [-0.39, 0.29) is 0 Å². The molecule has 0 amide bonds. The fourth-order valence-electron chi connectivity index (χ4n) is 0.670. The van der Waals surface area contributed by atoms with Gasteiger partial charge >= 0.3 is 0 Å². The van der Waals surface area contributed by atoms with Gasteiger partial charge in [-0.15, -0.1) is 0 Å². The van der Waals surface area contributed by atoms with Gasteiger partial charge in [0, 0.05) is 0 Å². The number of nitrogens with two attached hydrogens (primary N) is 1. The molecule has 0 saturated heterocycles. The van der Waals surface area contributed by atoms with Gasteiger partial charge in [0.15, 0.2) is 0 Å². The Balaban J connectivity index is 4.49. The van der Waals surface area contributed by atoms with Gasteiger partial charge in [-0.3, -0.25) is 0 Å². The van der Waals surface area contributed by atoms with E-state index >= 15 is 0 Å². The quantitative estimate of drug-likeness (QED) is 0.480. The Labute approximate surface area is 67.3 Å². The highest BCUT2D eigenvalue weighted by atomic mass is 14.5. The van der Waals surface area contributed by atoms with E-state index in [0.717, 1.165) is 5.57 Å². The topological polar surface area (TPSA) is 49.8 Å². The zero-order valence-corrected chi connectivity index (χ0v) is 6.83. The van der Waals surface area contributed by atoms with Crippen molar-refractivity contribution in [2.45, 2.75) is 13.8 Å². The lowest BCUT2D eigenvalue weighted by molar-refractivity contribution is 1.38. The summed E-state index contributed by atoms with van der Waals surface area (Å²) in [6, 6.07) is 2.08. The van der Waals surface area contributed by atoms with Crippen LogP contribution in [0, 0.1) is 11.3 Å². The van der Waals surface area contributed by atoms with Crippen LogP contribution in [0.4, 0.5) is 0 Å². The molecular weight excluding hydrogens is 136 g/mol. The van der Waals surface area contributed by atoms with E-state index in [0.29, 0.717) is 5.57 Å². The maximum absolute atomic E-state index is 8.58. The summed E-state index contributed by atoms with van der Waals surface area (Å²) in [6.45, 7) is 3.71. The third-order valence-electron chi connectivity index (χ3n) is 1.29. The summed E-state index contributed by atoms with van der Waals surface area (Å²) in [5.74, 6) is 0. The van der Waals surface area contributed by atoms with E-state index in [1.165, 1.54) is 6.20 Å². The Morgan fingerprint density at radius 3 is 2.55 bits per heavy atom. The summed E-state index contributed by atoms with van der Waals surface area (Å²) in [5, 5.41) is 8.58. The molecule has 2 N–H and O–H groups in total. The molecule has 0 aromatic carbocycles. The van der Waals surface area contributed by atoms with Gasteiger partial charge in [-0.1, -0.05) is 12.2 Å². The van der Waals surface area contributed by atoms with E-state index in [4.69, 9.17) is 11.0 Å². The lowest BCUT2D eigenvalue weighted by atomic mass is 10.1. The summed E-state index contributed by atoms with van der Waals surface area (Å²) in [4.78, 5) is 0. The zero-order chi connectivity index (χ0) is 8.69. The maximum atomic E-state index is 8.58. The van der Waals surface area contributed by atoms with Crippen molar-refractivity contribution < 1.29 is 0 Å². The molecular formula is C9H12N2. The van der Waals surface area contributed by atoms with Crippen LogP contribution in [-0.2, 0) is 0 Å². The van der Waals surface area contributed by atoms with Crippen LogP contribution in [0.3, 0.4) is 0 Å². The molecule has 11 heavy (non-hydrogen) atoms. The fourth-order valence-corrected chi connectivity index (χ4v) is 0.670. The van der Waals surface area contributed by atoms with Gasteiger partial charge in [0.25, 0.3) is 0 Å². The highest BCUT2D eigenvalue weighted by molar-refractivity contribution is 5.41. The van der Waals surface area contributed by atoms with Gasteiger partial charge in [-0.05, 0) is 31.7 Å². The molecule has 0 unspecified atom stereocenters. The number of nitriles is 1. The first-order valence-corrected chi connectivity index (χ1v) is 3.38. The van der Waals surface area contributed by atoms with Crippen molar-refractivity contribution in [1.29, 1.82) is 5.26 Å². The molecule has 0 atom stereocenters. The van der Waals surface area contributed by atoms with Gasteiger partial charge in [-0.25, -0.2) is 0 Å². The van der Waals surface area contributed by atoms with Crippen LogP contribution < -0.4 is 5.73 Å². The molecule has 0 aliphatic rings. The van der Waals surface area contributed by atoms with Crippen molar-refractivity contribution in [2.24, 2.45) is 5.73 Å². The van der Waals surface area contributed by atoms with Gasteiger partial charge < -0.3 is 5.73 Å². The van der Waals surface area contributed by atoms with Crippen LogP contribution in [0.2, 0.25) is 0 Å². The lowest BCUT2D eigenvalue weighted by Crippen LogP contribution is -1.80.